The van der Waals surface area contributed by atoms with E-state index < -0.39 is 17.5 Å². The van der Waals surface area contributed by atoms with Gasteiger partial charge in [0.2, 0.25) is 0 Å². The first-order chi connectivity index (χ1) is 7.41. The first-order valence-electron chi connectivity index (χ1n) is 5.14. The summed E-state index contributed by atoms with van der Waals surface area (Å²) in [5.41, 5.74) is -0.0265. The van der Waals surface area contributed by atoms with Crippen molar-refractivity contribution in [2.45, 2.75) is 31.8 Å². The molecule has 0 fully saturated rings. The molecule has 4 nitrogen and oxygen atoms in total. The smallest absolute Gasteiger partial charge is 0.311 e. The minimum atomic E-state index is -0.886. The van der Waals surface area contributed by atoms with Crippen LogP contribution in [0.25, 0.3) is 0 Å². The molecule has 1 aromatic carbocycles. The van der Waals surface area contributed by atoms with Crippen molar-refractivity contribution >= 4 is 5.97 Å². The van der Waals surface area contributed by atoms with Crippen LogP contribution in [-0.2, 0) is 4.79 Å². The number of aromatic hydroxyl groups is 1. The van der Waals surface area contributed by atoms with Crippen molar-refractivity contribution in [3.8, 4) is 11.5 Å². The van der Waals surface area contributed by atoms with E-state index in [2.05, 4.69) is 0 Å². The lowest BCUT2D eigenvalue weighted by Gasteiger charge is -2.36. The van der Waals surface area contributed by atoms with Crippen LogP contribution in [0.4, 0.5) is 0 Å². The molecule has 1 unspecified atom stereocenters. The van der Waals surface area contributed by atoms with Crippen LogP contribution in [0.5, 0.6) is 11.5 Å². The summed E-state index contributed by atoms with van der Waals surface area (Å²) in [7, 11) is 0. The second-order valence-corrected chi connectivity index (χ2v) is 4.65. The van der Waals surface area contributed by atoms with Gasteiger partial charge in [-0.25, -0.2) is 0 Å². The van der Waals surface area contributed by atoms with Crippen LogP contribution in [0.1, 0.15) is 31.7 Å². The number of para-hydroxylation sites is 1. The number of rotatable bonds is 1. The molecule has 0 saturated heterocycles. The summed E-state index contributed by atoms with van der Waals surface area (Å²) in [6, 6.07) is 4.81. The summed E-state index contributed by atoms with van der Waals surface area (Å²) >= 11 is 0. The molecule has 0 radical (unpaired) electrons. The number of carbonyl (C=O) groups is 1. The Labute approximate surface area is 93.5 Å². The second kappa shape index (κ2) is 3.40. The van der Waals surface area contributed by atoms with E-state index in [1.807, 2.05) is 13.8 Å². The summed E-state index contributed by atoms with van der Waals surface area (Å²) in [5.74, 6) is -1.21. The molecule has 1 aliphatic rings. The van der Waals surface area contributed by atoms with Crippen molar-refractivity contribution in [2.24, 2.45) is 0 Å². The molecule has 0 spiro atoms. The van der Waals surface area contributed by atoms with E-state index in [1.165, 1.54) is 6.07 Å². The SMILES string of the molecule is CC1(C)CC(C(=O)O)c2cccc(O)c2O1. The standard InChI is InChI=1S/C12H14O4/c1-12(2)6-8(11(14)15)7-4-3-5-9(13)10(7)16-12/h3-5,8,13H,6H2,1-2H3,(H,14,15). The first-order valence-corrected chi connectivity index (χ1v) is 5.14. The van der Waals surface area contributed by atoms with Gasteiger partial charge in [0.05, 0.1) is 5.92 Å². The van der Waals surface area contributed by atoms with Crippen molar-refractivity contribution in [1.82, 2.24) is 0 Å². The molecule has 1 heterocycles. The highest BCUT2D eigenvalue weighted by molar-refractivity contribution is 5.78. The van der Waals surface area contributed by atoms with Crippen LogP contribution < -0.4 is 4.74 Å². The van der Waals surface area contributed by atoms with Crippen molar-refractivity contribution in [3.63, 3.8) is 0 Å². The summed E-state index contributed by atoms with van der Waals surface area (Å²) in [6.07, 6.45) is 0.402. The normalized spacial score (nSPS) is 22.0. The molecule has 0 aliphatic carbocycles. The Morgan fingerprint density at radius 3 is 2.81 bits per heavy atom. The van der Waals surface area contributed by atoms with Gasteiger partial charge in [-0.1, -0.05) is 12.1 Å². The third kappa shape index (κ3) is 1.71. The molecule has 2 N–H and O–H groups in total. The zero-order valence-corrected chi connectivity index (χ0v) is 9.23. The van der Waals surface area contributed by atoms with E-state index in [0.717, 1.165) is 0 Å². The Bertz CT molecular complexity index is 437. The van der Waals surface area contributed by atoms with Crippen LogP contribution >= 0.6 is 0 Å². The Morgan fingerprint density at radius 2 is 2.19 bits per heavy atom. The minimum Gasteiger partial charge on any atom is -0.504 e. The molecule has 1 aromatic rings. The van der Waals surface area contributed by atoms with E-state index in [9.17, 15) is 15.0 Å². The number of phenols is 1. The molecule has 0 saturated carbocycles. The zero-order valence-electron chi connectivity index (χ0n) is 9.23. The maximum absolute atomic E-state index is 11.2. The molecule has 0 amide bonds. The maximum atomic E-state index is 11.2. The number of fused-ring (bicyclic) bond motifs is 1. The van der Waals surface area contributed by atoms with Gasteiger partial charge in [-0.15, -0.1) is 0 Å². The Kier molecular flexibility index (Phi) is 2.30. The fourth-order valence-electron chi connectivity index (χ4n) is 2.07. The van der Waals surface area contributed by atoms with Gasteiger partial charge in [-0.05, 0) is 19.9 Å². The maximum Gasteiger partial charge on any atom is 0.311 e. The van der Waals surface area contributed by atoms with Crippen LogP contribution in [0, 0.1) is 0 Å². The molecule has 16 heavy (non-hydrogen) atoms. The number of hydrogen-bond acceptors (Lipinski definition) is 3. The number of phenolic OH excluding ortho intramolecular Hbond substituents is 1. The third-order valence-corrected chi connectivity index (χ3v) is 2.77. The zero-order chi connectivity index (χ0) is 11.9. The first kappa shape index (κ1) is 10.8. The predicted molar refractivity (Wildman–Crippen MR) is 57.8 cm³/mol. The van der Waals surface area contributed by atoms with Gasteiger partial charge in [-0.2, -0.15) is 0 Å². The van der Waals surface area contributed by atoms with Gasteiger partial charge in [0.15, 0.2) is 11.5 Å². The van der Waals surface area contributed by atoms with E-state index in [0.29, 0.717) is 17.7 Å². The number of carboxylic acids is 1. The summed E-state index contributed by atoms with van der Waals surface area (Å²) in [5, 5.41) is 18.8. The molecular formula is C12H14O4. The topological polar surface area (TPSA) is 66.8 Å². The minimum absolute atomic E-state index is 0.00322. The number of benzene rings is 1. The molecule has 1 atom stereocenters. The average molecular weight is 222 g/mol. The second-order valence-electron chi connectivity index (χ2n) is 4.65. The Hall–Kier alpha value is -1.71. The van der Waals surface area contributed by atoms with E-state index >= 15 is 0 Å². The quantitative estimate of drug-likeness (QED) is 0.763. The molecule has 0 bridgehead atoms. The molecule has 4 heteroatoms. The summed E-state index contributed by atoms with van der Waals surface area (Å²) in [4.78, 5) is 11.2. The van der Waals surface area contributed by atoms with Gasteiger partial charge in [0.1, 0.15) is 5.60 Å². The average Bonchev–Trinajstić information content (AvgIpc) is 2.17. The highest BCUT2D eigenvalue weighted by Crippen LogP contribution is 2.45. The van der Waals surface area contributed by atoms with Crippen molar-refractivity contribution < 1.29 is 19.7 Å². The van der Waals surface area contributed by atoms with Crippen molar-refractivity contribution in [3.05, 3.63) is 23.8 Å². The van der Waals surface area contributed by atoms with Gasteiger partial charge < -0.3 is 14.9 Å². The van der Waals surface area contributed by atoms with Crippen molar-refractivity contribution in [1.29, 1.82) is 0 Å². The molecule has 1 aliphatic heterocycles. The van der Waals surface area contributed by atoms with Crippen LogP contribution in [0.3, 0.4) is 0 Å². The predicted octanol–water partition coefficient (Wildman–Crippen LogP) is 2.12. The lowest BCUT2D eigenvalue weighted by molar-refractivity contribution is -0.140. The van der Waals surface area contributed by atoms with E-state index in [-0.39, 0.29) is 5.75 Å². The van der Waals surface area contributed by atoms with Crippen LogP contribution in [0.2, 0.25) is 0 Å². The Morgan fingerprint density at radius 1 is 1.50 bits per heavy atom. The summed E-state index contributed by atoms with van der Waals surface area (Å²) < 4.78 is 5.62. The van der Waals surface area contributed by atoms with Gasteiger partial charge in [-0.3, -0.25) is 4.79 Å². The summed E-state index contributed by atoms with van der Waals surface area (Å²) in [6.45, 7) is 3.64. The molecule has 2 rings (SSSR count). The number of hydrogen-bond donors (Lipinski definition) is 2. The van der Waals surface area contributed by atoms with E-state index in [1.54, 1.807) is 12.1 Å². The molecule has 0 aromatic heterocycles. The fraction of sp³-hybridized carbons (Fsp3) is 0.417. The Balaban J connectivity index is 2.55. The van der Waals surface area contributed by atoms with Gasteiger partial charge >= 0.3 is 5.97 Å². The molecule has 86 valence electrons. The highest BCUT2D eigenvalue weighted by Gasteiger charge is 2.38. The third-order valence-electron chi connectivity index (χ3n) is 2.77. The lowest BCUT2D eigenvalue weighted by atomic mass is 9.84. The lowest BCUT2D eigenvalue weighted by Crippen LogP contribution is -2.37. The fourth-order valence-corrected chi connectivity index (χ4v) is 2.07. The largest absolute Gasteiger partial charge is 0.504 e. The number of aliphatic carboxylic acids is 1. The van der Waals surface area contributed by atoms with Crippen LogP contribution in [0.15, 0.2) is 18.2 Å². The number of carboxylic acid groups (broad SMARTS) is 1. The van der Waals surface area contributed by atoms with Gasteiger partial charge in [0.25, 0.3) is 0 Å². The van der Waals surface area contributed by atoms with E-state index in [4.69, 9.17) is 4.74 Å². The monoisotopic (exact) mass is 222 g/mol. The van der Waals surface area contributed by atoms with Crippen LogP contribution in [-0.4, -0.2) is 21.8 Å². The number of ether oxygens (including phenoxy) is 1. The van der Waals surface area contributed by atoms with Crippen molar-refractivity contribution in [2.75, 3.05) is 0 Å². The highest BCUT2D eigenvalue weighted by atomic mass is 16.5. The molecular weight excluding hydrogens is 208 g/mol. The van der Waals surface area contributed by atoms with Gasteiger partial charge in [0, 0.05) is 12.0 Å².